The van der Waals surface area contributed by atoms with E-state index < -0.39 is 0 Å². The van der Waals surface area contributed by atoms with E-state index in [9.17, 15) is 9.90 Å². The molecule has 1 saturated heterocycles. The number of carbonyl (C=O) groups is 1. The highest BCUT2D eigenvalue weighted by atomic mass is 35.5. The lowest BCUT2D eigenvalue weighted by molar-refractivity contribution is 0.0773. The summed E-state index contributed by atoms with van der Waals surface area (Å²) in [5.74, 6) is -0.0875. The molecule has 2 aromatic rings. The summed E-state index contributed by atoms with van der Waals surface area (Å²) in [6, 6.07) is 10.8. The van der Waals surface area contributed by atoms with E-state index in [4.69, 9.17) is 23.2 Å². The Morgan fingerprint density at radius 1 is 1.25 bits per heavy atom. The third kappa shape index (κ3) is 3.27. The maximum atomic E-state index is 12.6. The minimum absolute atomic E-state index is 0.0475. The van der Waals surface area contributed by atoms with E-state index in [1.165, 1.54) is 0 Å². The summed E-state index contributed by atoms with van der Waals surface area (Å²) in [4.78, 5) is 18.6. The average Bonchev–Trinajstić information content (AvgIpc) is 3.03. The van der Waals surface area contributed by atoms with E-state index in [-0.39, 0.29) is 17.9 Å². The summed E-state index contributed by atoms with van der Waals surface area (Å²) < 4.78 is 0. The molecule has 126 valence electrons. The van der Waals surface area contributed by atoms with Crippen LogP contribution in [0.1, 0.15) is 28.9 Å². The maximum absolute atomic E-state index is 12.6. The molecule has 4 nitrogen and oxygen atoms in total. The van der Waals surface area contributed by atoms with E-state index >= 15 is 0 Å². The Bertz CT molecular complexity index is 739. The van der Waals surface area contributed by atoms with Crippen molar-refractivity contribution in [3.05, 3.63) is 63.9 Å². The Kier molecular flexibility index (Phi) is 5.09. The number of pyridine rings is 1. The molecular formula is C18H18Cl2N2O2. The van der Waals surface area contributed by atoms with Crippen molar-refractivity contribution in [3.63, 3.8) is 0 Å². The van der Waals surface area contributed by atoms with Gasteiger partial charge in [0.2, 0.25) is 0 Å². The standard InChI is InChI=1S/C18H18Cl2N2O2/c19-14-5-4-13(11-15(14)20)18(7-10-23)6-9-22(12-18)17(24)16-3-1-2-8-21-16/h1-5,8,11,23H,6-7,9-10,12H2. The van der Waals surface area contributed by atoms with Gasteiger partial charge in [0.1, 0.15) is 5.69 Å². The summed E-state index contributed by atoms with van der Waals surface area (Å²) in [6.07, 6.45) is 2.95. The number of aliphatic hydroxyl groups is 1. The van der Waals surface area contributed by atoms with Crippen molar-refractivity contribution in [2.75, 3.05) is 19.7 Å². The molecule has 6 heteroatoms. The third-order valence-corrected chi connectivity index (χ3v) is 5.39. The predicted octanol–water partition coefficient (Wildman–Crippen LogP) is 3.55. The number of halogens is 2. The van der Waals surface area contributed by atoms with Crippen LogP contribution >= 0.6 is 23.2 Å². The first-order valence-electron chi connectivity index (χ1n) is 7.82. The van der Waals surface area contributed by atoms with Crippen LogP contribution in [0, 0.1) is 0 Å². The predicted molar refractivity (Wildman–Crippen MR) is 94.6 cm³/mol. The van der Waals surface area contributed by atoms with Crippen LogP contribution < -0.4 is 0 Å². The lowest BCUT2D eigenvalue weighted by atomic mass is 9.77. The second kappa shape index (κ2) is 7.09. The number of hydrogen-bond donors (Lipinski definition) is 1. The Hall–Kier alpha value is -1.62. The van der Waals surface area contributed by atoms with Crippen LogP contribution in [0.4, 0.5) is 0 Å². The van der Waals surface area contributed by atoms with Crippen LogP contribution in [0.2, 0.25) is 10.0 Å². The number of nitrogens with zero attached hydrogens (tertiary/aromatic N) is 2. The number of amides is 1. The number of aromatic nitrogens is 1. The normalized spacial score (nSPS) is 20.4. The van der Waals surface area contributed by atoms with Gasteiger partial charge in [-0.1, -0.05) is 35.3 Å². The first kappa shape index (κ1) is 17.2. The molecular weight excluding hydrogens is 347 g/mol. The molecule has 1 amide bonds. The van der Waals surface area contributed by atoms with Crippen molar-refractivity contribution in [1.29, 1.82) is 0 Å². The average molecular weight is 365 g/mol. The number of likely N-dealkylation sites (tertiary alicyclic amines) is 1. The minimum atomic E-state index is -0.312. The Labute approximate surface area is 151 Å². The molecule has 1 fully saturated rings. The lowest BCUT2D eigenvalue weighted by Gasteiger charge is -2.29. The van der Waals surface area contributed by atoms with E-state index in [1.807, 2.05) is 12.1 Å². The van der Waals surface area contributed by atoms with Gasteiger partial charge in [0.05, 0.1) is 10.0 Å². The van der Waals surface area contributed by atoms with Crippen LogP contribution in [0.25, 0.3) is 0 Å². The number of carbonyl (C=O) groups excluding carboxylic acids is 1. The molecule has 24 heavy (non-hydrogen) atoms. The van der Waals surface area contributed by atoms with Gasteiger partial charge in [-0.2, -0.15) is 0 Å². The molecule has 1 aromatic heterocycles. The molecule has 1 unspecified atom stereocenters. The molecule has 1 aliphatic heterocycles. The highest BCUT2D eigenvalue weighted by molar-refractivity contribution is 6.42. The molecule has 0 bridgehead atoms. The highest BCUT2D eigenvalue weighted by Gasteiger charge is 2.41. The quantitative estimate of drug-likeness (QED) is 0.902. The number of aliphatic hydroxyl groups excluding tert-OH is 1. The van der Waals surface area contributed by atoms with E-state index in [0.29, 0.717) is 35.2 Å². The SMILES string of the molecule is O=C(c1ccccn1)N1CCC(CCO)(c2ccc(Cl)c(Cl)c2)C1. The topological polar surface area (TPSA) is 53.4 Å². The fourth-order valence-electron chi connectivity index (χ4n) is 3.32. The van der Waals surface area contributed by atoms with Crippen LogP contribution in [-0.2, 0) is 5.41 Å². The maximum Gasteiger partial charge on any atom is 0.272 e. The van der Waals surface area contributed by atoms with Gasteiger partial charge in [0.25, 0.3) is 5.91 Å². The zero-order chi connectivity index (χ0) is 17.2. The number of rotatable bonds is 4. The van der Waals surface area contributed by atoms with Crippen LogP contribution in [0.3, 0.4) is 0 Å². The summed E-state index contributed by atoms with van der Waals surface area (Å²) in [5.41, 5.74) is 1.13. The van der Waals surface area contributed by atoms with Crippen molar-refractivity contribution < 1.29 is 9.90 Å². The highest BCUT2D eigenvalue weighted by Crippen LogP contribution is 2.40. The van der Waals surface area contributed by atoms with Crippen LogP contribution in [0.15, 0.2) is 42.6 Å². The van der Waals surface area contributed by atoms with Crippen LogP contribution in [0.5, 0.6) is 0 Å². The van der Waals surface area contributed by atoms with E-state index in [0.717, 1.165) is 12.0 Å². The van der Waals surface area contributed by atoms with Gasteiger partial charge in [0.15, 0.2) is 0 Å². The van der Waals surface area contributed by atoms with Crippen LogP contribution in [-0.4, -0.2) is 40.6 Å². The summed E-state index contributed by atoms with van der Waals surface area (Å²) >= 11 is 12.2. The Morgan fingerprint density at radius 2 is 2.08 bits per heavy atom. The van der Waals surface area contributed by atoms with Gasteiger partial charge < -0.3 is 10.0 Å². The summed E-state index contributed by atoms with van der Waals surface area (Å²) in [5, 5.41) is 10.5. The van der Waals surface area contributed by atoms with Gasteiger partial charge in [-0.25, -0.2) is 0 Å². The molecule has 1 atom stereocenters. The largest absolute Gasteiger partial charge is 0.396 e. The molecule has 0 saturated carbocycles. The first-order valence-corrected chi connectivity index (χ1v) is 8.58. The van der Waals surface area contributed by atoms with Gasteiger partial charge >= 0.3 is 0 Å². The minimum Gasteiger partial charge on any atom is -0.396 e. The number of benzene rings is 1. The molecule has 0 radical (unpaired) electrons. The number of hydrogen-bond acceptors (Lipinski definition) is 3. The van der Waals surface area contributed by atoms with Crippen molar-refractivity contribution in [2.45, 2.75) is 18.3 Å². The molecule has 0 aliphatic carbocycles. The zero-order valence-electron chi connectivity index (χ0n) is 13.1. The van der Waals surface area contributed by atoms with Gasteiger partial charge in [-0.05, 0) is 42.7 Å². The zero-order valence-corrected chi connectivity index (χ0v) is 14.6. The molecule has 1 N–H and O–H groups in total. The van der Waals surface area contributed by atoms with Crippen molar-refractivity contribution in [1.82, 2.24) is 9.88 Å². The second-order valence-corrected chi connectivity index (χ2v) is 6.89. The van der Waals surface area contributed by atoms with E-state index in [2.05, 4.69) is 4.98 Å². The molecule has 2 heterocycles. The van der Waals surface area contributed by atoms with Crippen molar-refractivity contribution in [3.8, 4) is 0 Å². The molecule has 1 aliphatic rings. The Balaban J connectivity index is 1.87. The van der Waals surface area contributed by atoms with E-state index in [1.54, 1.807) is 35.4 Å². The third-order valence-electron chi connectivity index (χ3n) is 4.65. The molecule has 0 spiro atoms. The van der Waals surface area contributed by atoms with Gasteiger partial charge in [-0.3, -0.25) is 9.78 Å². The summed E-state index contributed by atoms with van der Waals surface area (Å²) in [6.45, 7) is 1.20. The monoisotopic (exact) mass is 364 g/mol. The first-order chi connectivity index (χ1) is 11.6. The summed E-state index contributed by atoms with van der Waals surface area (Å²) in [7, 11) is 0. The molecule has 3 rings (SSSR count). The smallest absolute Gasteiger partial charge is 0.272 e. The molecule has 1 aromatic carbocycles. The van der Waals surface area contributed by atoms with Crippen molar-refractivity contribution in [2.24, 2.45) is 0 Å². The van der Waals surface area contributed by atoms with Crippen molar-refractivity contribution >= 4 is 29.1 Å². The second-order valence-electron chi connectivity index (χ2n) is 6.07. The fourth-order valence-corrected chi connectivity index (χ4v) is 3.62. The lowest BCUT2D eigenvalue weighted by Crippen LogP contribution is -2.35. The fraction of sp³-hybridized carbons (Fsp3) is 0.333. The van der Waals surface area contributed by atoms with Gasteiger partial charge in [-0.15, -0.1) is 0 Å². The van der Waals surface area contributed by atoms with Gasteiger partial charge in [0, 0.05) is 31.3 Å². The Morgan fingerprint density at radius 3 is 2.75 bits per heavy atom.